The summed E-state index contributed by atoms with van der Waals surface area (Å²) in [6, 6.07) is 6.01. The lowest BCUT2D eigenvalue weighted by molar-refractivity contribution is -0.142. The topological polar surface area (TPSA) is 87.7 Å². The molecule has 34 heavy (non-hydrogen) atoms. The van der Waals surface area contributed by atoms with Gasteiger partial charge in [0.15, 0.2) is 0 Å². The molecule has 2 unspecified atom stereocenters. The number of hydrogen-bond acceptors (Lipinski definition) is 5. The maximum absolute atomic E-state index is 13.9. The molecule has 0 aliphatic carbocycles. The molecule has 2 atom stereocenters. The fourth-order valence-corrected chi connectivity index (χ4v) is 3.99. The third-order valence-electron chi connectivity index (χ3n) is 4.98. The quantitative estimate of drug-likeness (QED) is 0.435. The summed E-state index contributed by atoms with van der Waals surface area (Å²) in [5, 5.41) is 5.74. The van der Waals surface area contributed by atoms with Gasteiger partial charge in [0, 0.05) is 12.6 Å². The van der Waals surface area contributed by atoms with Gasteiger partial charge in [-0.3, -0.25) is 9.59 Å². The summed E-state index contributed by atoms with van der Waals surface area (Å²) < 4.78 is 5.41. The number of alkyl carbamates (subject to hydrolysis) is 1. The second-order valence-corrected chi connectivity index (χ2v) is 10.8. The van der Waals surface area contributed by atoms with Gasteiger partial charge in [-0.15, -0.1) is 0 Å². The first kappa shape index (κ1) is 29.8. The van der Waals surface area contributed by atoms with Gasteiger partial charge in [0.2, 0.25) is 11.8 Å². The molecule has 7 nitrogen and oxygen atoms in total. The smallest absolute Gasteiger partial charge is 0.408 e. The normalized spacial score (nSPS) is 13.2. The lowest BCUT2D eigenvalue weighted by Gasteiger charge is -2.35. The Hall–Kier alpha value is -2.22. The SMILES string of the molecule is CCCCN(C(=O)C(CCSC)NC(=O)OC(C)(C)C)C(C(=O)NC(C)C)c1cccc(C)c1. The molecule has 1 rings (SSSR count). The fourth-order valence-electron chi connectivity index (χ4n) is 3.51. The summed E-state index contributed by atoms with van der Waals surface area (Å²) in [6.07, 6.45) is 3.36. The molecule has 0 saturated heterocycles. The number of benzene rings is 1. The maximum Gasteiger partial charge on any atom is 0.408 e. The Kier molecular flexibility index (Phi) is 12.5. The van der Waals surface area contributed by atoms with Gasteiger partial charge in [0.1, 0.15) is 17.7 Å². The van der Waals surface area contributed by atoms with Crippen LogP contribution in [0.15, 0.2) is 24.3 Å². The molecule has 0 aliphatic heterocycles. The van der Waals surface area contributed by atoms with Crippen LogP contribution in [-0.2, 0) is 14.3 Å². The van der Waals surface area contributed by atoms with Gasteiger partial charge in [-0.2, -0.15) is 11.8 Å². The van der Waals surface area contributed by atoms with Gasteiger partial charge in [-0.1, -0.05) is 43.2 Å². The van der Waals surface area contributed by atoms with Gasteiger partial charge < -0.3 is 20.3 Å². The van der Waals surface area contributed by atoms with E-state index in [0.29, 0.717) is 18.7 Å². The van der Waals surface area contributed by atoms with Gasteiger partial charge in [-0.05, 0) is 72.0 Å². The van der Waals surface area contributed by atoms with Crippen LogP contribution in [0.4, 0.5) is 4.79 Å². The third-order valence-corrected chi connectivity index (χ3v) is 5.63. The molecule has 0 bridgehead atoms. The van der Waals surface area contributed by atoms with E-state index in [9.17, 15) is 14.4 Å². The zero-order chi connectivity index (χ0) is 25.9. The Morgan fingerprint density at radius 1 is 1.15 bits per heavy atom. The third kappa shape index (κ3) is 10.4. The first-order valence-electron chi connectivity index (χ1n) is 12.1. The van der Waals surface area contributed by atoms with E-state index in [2.05, 4.69) is 10.6 Å². The fraction of sp³-hybridized carbons (Fsp3) is 0.654. The van der Waals surface area contributed by atoms with Crippen LogP contribution in [0, 0.1) is 6.92 Å². The van der Waals surface area contributed by atoms with Crippen molar-refractivity contribution in [3.05, 3.63) is 35.4 Å². The average molecular weight is 494 g/mol. The summed E-state index contributed by atoms with van der Waals surface area (Å²) in [4.78, 5) is 41.5. The van der Waals surface area contributed by atoms with Crippen LogP contribution < -0.4 is 10.6 Å². The van der Waals surface area contributed by atoms with E-state index in [0.717, 1.165) is 24.0 Å². The highest BCUT2D eigenvalue weighted by molar-refractivity contribution is 7.98. The highest BCUT2D eigenvalue weighted by Gasteiger charge is 2.36. The molecule has 1 aromatic carbocycles. The molecule has 0 spiro atoms. The number of hydrogen-bond donors (Lipinski definition) is 2. The van der Waals surface area contributed by atoms with Crippen molar-refractivity contribution in [2.45, 2.75) is 91.5 Å². The first-order chi connectivity index (χ1) is 15.9. The van der Waals surface area contributed by atoms with Crippen molar-refractivity contribution in [3.63, 3.8) is 0 Å². The van der Waals surface area contributed by atoms with Crippen molar-refractivity contribution in [1.82, 2.24) is 15.5 Å². The summed E-state index contributed by atoms with van der Waals surface area (Å²) >= 11 is 1.60. The Labute approximate surface area is 209 Å². The number of amides is 3. The summed E-state index contributed by atoms with van der Waals surface area (Å²) in [6.45, 7) is 13.6. The van der Waals surface area contributed by atoms with Crippen LogP contribution in [0.1, 0.15) is 78.0 Å². The molecule has 0 heterocycles. The number of carbonyl (C=O) groups excluding carboxylic acids is 3. The van der Waals surface area contributed by atoms with Crippen LogP contribution in [0.25, 0.3) is 0 Å². The molecule has 0 fully saturated rings. The largest absolute Gasteiger partial charge is 0.444 e. The van der Waals surface area contributed by atoms with E-state index in [1.165, 1.54) is 0 Å². The number of nitrogens with zero attached hydrogens (tertiary/aromatic N) is 1. The van der Waals surface area contributed by atoms with Crippen LogP contribution in [0.5, 0.6) is 0 Å². The monoisotopic (exact) mass is 493 g/mol. The van der Waals surface area contributed by atoms with Crippen molar-refractivity contribution in [1.29, 1.82) is 0 Å². The summed E-state index contributed by atoms with van der Waals surface area (Å²) in [5.74, 6) is 0.172. The van der Waals surface area contributed by atoms with Crippen molar-refractivity contribution < 1.29 is 19.1 Å². The summed E-state index contributed by atoms with van der Waals surface area (Å²) in [5.41, 5.74) is 1.08. The van der Waals surface area contributed by atoms with E-state index >= 15 is 0 Å². The van der Waals surface area contributed by atoms with Crippen molar-refractivity contribution >= 4 is 29.7 Å². The molecule has 0 aliphatic rings. The zero-order valence-electron chi connectivity index (χ0n) is 22.1. The van der Waals surface area contributed by atoms with E-state index in [1.807, 2.05) is 58.2 Å². The Bertz CT molecular complexity index is 807. The second-order valence-electron chi connectivity index (χ2n) is 9.85. The van der Waals surface area contributed by atoms with Crippen molar-refractivity contribution in [3.8, 4) is 0 Å². The molecule has 0 saturated carbocycles. The molecular weight excluding hydrogens is 450 g/mol. The molecular formula is C26H43N3O4S. The van der Waals surface area contributed by atoms with Crippen LogP contribution in [0.2, 0.25) is 0 Å². The zero-order valence-corrected chi connectivity index (χ0v) is 22.9. The van der Waals surface area contributed by atoms with Gasteiger partial charge >= 0.3 is 6.09 Å². The Morgan fingerprint density at radius 2 is 1.82 bits per heavy atom. The lowest BCUT2D eigenvalue weighted by atomic mass is 10.00. The number of unbranched alkanes of at least 4 members (excludes halogenated alkanes) is 1. The lowest BCUT2D eigenvalue weighted by Crippen LogP contribution is -2.53. The molecule has 3 amide bonds. The Morgan fingerprint density at radius 3 is 2.35 bits per heavy atom. The molecule has 0 aromatic heterocycles. The molecule has 8 heteroatoms. The number of nitrogens with one attached hydrogen (secondary N) is 2. The number of rotatable bonds is 12. The number of carbonyl (C=O) groups is 3. The predicted octanol–water partition coefficient (Wildman–Crippen LogP) is 4.84. The minimum Gasteiger partial charge on any atom is -0.444 e. The Balaban J connectivity index is 3.41. The van der Waals surface area contributed by atoms with E-state index in [4.69, 9.17) is 4.74 Å². The van der Waals surface area contributed by atoms with Crippen molar-refractivity contribution in [2.24, 2.45) is 0 Å². The number of thioether (sulfide) groups is 1. The van der Waals surface area contributed by atoms with Crippen LogP contribution >= 0.6 is 11.8 Å². The van der Waals surface area contributed by atoms with Crippen molar-refractivity contribution in [2.75, 3.05) is 18.6 Å². The molecule has 2 N–H and O–H groups in total. The number of aryl methyl sites for hydroxylation is 1. The second kappa shape index (κ2) is 14.2. The van der Waals surface area contributed by atoms with E-state index < -0.39 is 23.8 Å². The summed E-state index contributed by atoms with van der Waals surface area (Å²) in [7, 11) is 0. The van der Waals surface area contributed by atoms with Gasteiger partial charge in [0.05, 0.1) is 0 Å². The van der Waals surface area contributed by atoms with E-state index in [-0.39, 0.29) is 17.9 Å². The minimum atomic E-state index is -0.793. The van der Waals surface area contributed by atoms with Crippen LogP contribution in [-0.4, -0.2) is 59.0 Å². The van der Waals surface area contributed by atoms with Gasteiger partial charge in [-0.25, -0.2) is 4.79 Å². The molecule has 0 radical (unpaired) electrons. The maximum atomic E-state index is 13.9. The minimum absolute atomic E-state index is 0.0740. The predicted molar refractivity (Wildman–Crippen MR) is 140 cm³/mol. The highest BCUT2D eigenvalue weighted by Crippen LogP contribution is 2.25. The van der Waals surface area contributed by atoms with Gasteiger partial charge in [0.25, 0.3) is 0 Å². The first-order valence-corrected chi connectivity index (χ1v) is 13.4. The molecule has 192 valence electrons. The average Bonchev–Trinajstić information content (AvgIpc) is 2.71. The highest BCUT2D eigenvalue weighted by atomic mass is 32.2. The standard InChI is InChI=1S/C26H43N3O4S/c1-9-10-15-29(22(23(30)27-18(2)3)20-13-11-12-19(4)17-20)24(31)21(14-16-34-8)28-25(32)33-26(5,6)7/h11-13,17-18,21-22H,9-10,14-16H2,1-8H3,(H,27,30)(H,28,32). The van der Waals surface area contributed by atoms with E-state index in [1.54, 1.807) is 37.4 Å². The molecule has 1 aromatic rings. The number of ether oxygens (including phenoxy) is 1. The van der Waals surface area contributed by atoms with Crippen LogP contribution in [0.3, 0.4) is 0 Å².